The average molecular weight is 451 g/mol. The zero-order valence-electron chi connectivity index (χ0n) is 23.4. The second kappa shape index (κ2) is 9.40. The van der Waals surface area contributed by atoms with Crippen molar-refractivity contribution in [3.05, 3.63) is 11.6 Å². The predicted molar refractivity (Wildman–Crippen MR) is 144 cm³/mol. The minimum Gasteiger partial charge on any atom is -0.0923 e. The highest BCUT2D eigenvalue weighted by Gasteiger charge is 2.60. The van der Waals surface area contributed by atoms with Crippen molar-refractivity contribution < 1.29 is 0 Å². The number of rotatable bonds is 5. The zero-order valence-corrected chi connectivity index (χ0v) is 23.4. The first-order chi connectivity index (χ1) is 15.4. The molecule has 8 atom stereocenters. The van der Waals surface area contributed by atoms with E-state index in [0.717, 1.165) is 41.4 Å². The van der Waals surface area contributed by atoms with Crippen molar-refractivity contribution in [2.45, 2.75) is 126 Å². The van der Waals surface area contributed by atoms with E-state index in [1.165, 1.54) is 76.2 Å². The van der Waals surface area contributed by atoms with Crippen LogP contribution in [0, 0.1) is 69.5 Å². The van der Waals surface area contributed by atoms with E-state index in [1.54, 1.807) is 0 Å². The van der Waals surface area contributed by atoms with Gasteiger partial charge in [0.25, 0.3) is 0 Å². The summed E-state index contributed by atoms with van der Waals surface area (Å²) in [6, 6.07) is 0. The lowest BCUT2D eigenvalue weighted by Crippen LogP contribution is -2.52. The fraction of sp³-hybridized carbons (Fsp3) is 0.879. The molecule has 0 aromatic rings. The van der Waals surface area contributed by atoms with Crippen LogP contribution < -0.4 is 0 Å². The van der Waals surface area contributed by atoms with Gasteiger partial charge in [0.15, 0.2) is 0 Å². The van der Waals surface area contributed by atoms with Crippen LogP contribution in [-0.2, 0) is 0 Å². The van der Waals surface area contributed by atoms with E-state index in [-0.39, 0.29) is 5.41 Å². The molecule has 0 amide bonds. The highest BCUT2D eigenvalue weighted by atomic mass is 14.6. The standard InChI is InChI=1S/C33H54/c1-23(2)10-9-11-24(3)28-14-15-29-27-13-12-26-22-25(16-19-31(4,5)6)17-20-32(26,7)30(27)18-21-33(28,29)8/h17,23-24,26-30H,9-15,18,20-22H2,1-8H3/t24-,26-,27+,28-,29+,30+,32+,33-/m1/s1. The third kappa shape index (κ3) is 5.00. The number of hydrogen-bond donors (Lipinski definition) is 0. The quantitative estimate of drug-likeness (QED) is 0.366. The lowest BCUT2D eigenvalue weighted by atomic mass is 9.45. The van der Waals surface area contributed by atoms with Crippen molar-refractivity contribution in [3.63, 3.8) is 0 Å². The van der Waals surface area contributed by atoms with Crippen LogP contribution in [-0.4, -0.2) is 0 Å². The third-order valence-corrected chi connectivity index (χ3v) is 11.1. The molecule has 3 saturated carbocycles. The molecule has 0 aromatic carbocycles. The summed E-state index contributed by atoms with van der Waals surface area (Å²) >= 11 is 0. The number of fused-ring (bicyclic) bond motifs is 5. The maximum Gasteiger partial charge on any atom is 0.0233 e. The molecule has 0 bridgehead atoms. The van der Waals surface area contributed by atoms with Crippen molar-refractivity contribution >= 4 is 0 Å². The minimum absolute atomic E-state index is 0.109. The Bertz CT molecular complexity index is 781. The first-order valence-corrected chi connectivity index (χ1v) is 14.7. The van der Waals surface area contributed by atoms with E-state index < -0.39 is 0 Å². The molecule has 0 nitrogen and oxygen atoms in total. The second-order valence-corrected chi connectivity index (χ2v) is 14.8. The molecule has 33 heavy (non-hydrogen) atoms. The zero-order chi connectivity index (χ0) is 24.0. The smallest absolute Gasteiger partial charge is 0.0233 e. The van der Waals surface area contributed by atoms with E-state index in [0.29, 0.717) is 10.8 Å². The van der Waals surface area contributed by atoms with Gasteiger partial charge in [0.2, 0.25) is 0 Å². The second-order valence-electron chi connectivity index (χ2n) is 14.8. The Hall–Kier alpha value is -0.700. The molecule has 186 valence electrons. The normalized spacial score (nSPS) is 41.4. The van der Waals surface area contributed by atoms with Crippen LogP contribution >= 0.6 is 0 Å². The van der Waals surface area contributed by atoms with Gasteiger partial charge in [0.1, 0.15) is 0 Å². The molecule has 0 heterocycles. The van der Waals surface area contributed by atoms with Crippen molar-refractivity contribution in [1.82, 2.24) is 0 Å². The van der Waals surface area contributed by atoms with Gasteiger partial charge in [-0.2, -0.15) is 0 Å². The van der Waals surface area contributed by atoms with Gasteiger partial charge in [0, 0.05) is 5.41 Å². The summed E-state index contributed by atoms with van der Waals surface area (Å²) in [6.07, 6.45) is 18.4. The van der Waals surface area contributed by atoms with E-state index in [4.69, 9.17) is 0 Å². The Morgan fingerprint density at radius 3 is 2.36 bits per heavy atom. The van der Waals surface area contributed by atoms with Gasteiger partial charge in [0.05, 0.1) is 0 Å². The summed E-state index contributed by atoms with van der Waals surface area (Å²) in [4.78, 5) is 0. The lowest BCUT2D eigenvalue weighted by molar-refractivity contribution is -0.101. The van der Waals surface area contributed by atoms with E-state index >= 15 is 0 Å². The van der Waals surface area contributed by atoms with E-state index in [2.05, 4.69) is 73.3 Å². The molecule has 0 N–H and O–H groups in total. The highest BCUT2D eigenvalue weighted by molar-refractivity contribution is 5.33. The average Bonchev–Trinajstić information content (AvgIpc) is 3.08. The molecule has 0 unspecified atom stereocenters. The van der Waals surface area contributed by atoms with E-state index in [9.17, 15) is 0 Å². The molecular weight excluding hydrogens is 396 g/mol. The molecule has 0 aliphatic heterocycles. The summed E-state index contributed by atoms with van der Waals surface area (Å²) in [6.45, 7) is 19.5. The Kier molecular flexibility index (Phi) is 7.23. The maximum absolute atomic E-state index is 3.58. The molecule has 3 fully saturated rings. The fourth-order valence-corrected chi connectivity index (χ4v) is 9.27. The van der Waals surface area contributed by atoms with Crippen LogP contribution in [0.2, 0.25) is 0 Å². The summed E-state index contributed by atoms with van der Waals surface area (Å²) in [5.74, 6) is 13.7. The maximum atomic E-state index is 3.58. The van der Waals surface area contributed by atoms with Crippen LogP contribution in [0.1, 0.15) is 126 Å². The van der Waals surface area contributed by atoms with Crippen LogP contribution in [0.4, 0.5) is 0 Å². The van der Waals surface area contributed by atoms with Crippen LogP contribution in [0.3, 0.4) is 0 Å². The van der Waals surface area contributed by atoms with Crippen molar-refractivity contribution in [2.75, 3.05) is 0 Å². The van der Waals surface area contributed by atoms with Crippen molar-refractivity contribution in [1.29, 1.82) is 0 Å². The Morgan fingerprint density at radius 1 is 0.939 bits per heavy atom. The van der Waals surface area contributed by atoms with Crippen LogP contribution in [0.25, 0.3) is 0 Å². The number of hydrogen-bond acceptors (Lipinski definition) is 0. The first kappa shape index (κ1) is 25.4. The molecule has 0 saturated heterocycles. The van der Waals surface area contributed by atoms with Gasteiger partial charge in [-0.15, -0.1) is 0 Å². The molecule has 4 aliphatic carbocycles. The van der Waals surface area contributed by atoms with Gasteiger partial charge >= 0.3 is 0 Å². The van der Waals surface area contributed by atoms with Gasteiger partial charge in [-0.05, 0) is 130 Å². The van der Waals surface area contributed by atoms with Crippen molar-refractivity contribution in [2.24, 2.45) is 57.7 Å². The first-order valence-electron chi connectivity index (χ1n) is 14.7. The van der Waals surface area contributed by atoms with Crippen molar-refractivity contribution in [3.8, 4) is 11.8 Å². The summed E-state index contributed by atoms with van der Waals surface area (Å²) in [5.41, 5.74) is 2.70. The number of allylic oxidation sites excluding steroid dienone is 2. The van der Waals surface area contributed by atoms with E-state index in [1.807, 2.05) is 0 Å². The molecule has 0 heteroatoms. The van der Waals surface area contributed by atoms with Gasteiger partial charge < -0.3 is 0 Å². The monoisotopic (exact) mass is 450 g/mol. The summed E-state index contributed by atoms with van der Waals surface area (Å²) in [7, 11) is 0. The molecular formula is C33H54. The minimum atomic E-state index is 0.109. The molecule has 0 spiro atoms. The summed E-state index contributed by atoms with van der Waals surface area (Å²) in [5, 5.41) is 0. The predicted octanol–water partition coefficient (Wildman–Crippen LogP) is 9.69. The third-order valence-electron chi connectivity index (χ3n) is 11.1. The molecule has 4 aliphatic rings. The fourth-order valence-electron chi connectivity index (χ4n) is 9.27. The molecule has 0 radical (unpaired) electrons. The molecule has 0 aromatic heterocycles. The van der Waals surface area contributed by atoms with Gasteiger partial charge in [-0.1, -0.05) is 71.8 Å². The van der Waals surface area contributed by atoms with Gasteiger partial charge in [-0.3, -0.25) is 0 Å². The van der Waals surface area contributed by atoms with Gasteiger partial charge in [-0.25, -0.2) is 0 Å². The topological polar surface area (TPSA) is 0 Å². The van der Waals surface area contributed by atoms with Crippen LogP contribution in [0.5, 0.6) is 0 Å². The Balaban J connectivity index is 1.46. The largest absolute Gasteiger partial charge is 0.0923 e. The van der Waals surface area contributed by atoms with Crippen LogP contribution in [0.15, 0.2) is 11.6 Å². The Morgan fingerprint density at radius 2 is 1.67 bits per heavy atom. The SMILES string of the molecule is CC(C)CCC[C@@H](C)[C@H]1CC[C@H]2[C@@H]3CC[C@@H]4CC(C#CC(C)(C)C)=CC[C@]4(C)[C@H]3CC[C@]12C. The Labute approximate surface area is 207 Å². The molecule has 4 rings (SSSR count). The summed E-state index contributed by atoms with van der Waals surface area (Å²) < 4.78 is 0. The lowest BCUT2D eigenvalue weighted by Gasteiger charge is -2.60. The highest BCUT2D eigenvalue weighted by Crippen LogP contribution is 2.68.